The van der Waals surface area contributed by atoms with Gasteiger partial charge in [-0.1, -0.05) is 60.7 Å². The van der Waals surface area contributed by atoms with Gasteiger partial charge in [-0.25, -0.2) is 0 Å². The Balaban J connectivity index is 1.62. The standard InChI is InChI=1S/C26H31N3O4/c30-18-22(17-21-12-7-15-27-25(21)32)28-26(33)23(16-20-10-5-2-6-11-20)29-24(31)14-13-19-8-3-1-4-9-19/h1-6,8-11,18,21-23H,7,12-17H2,(H,27,32)(H,28,33)(H,29,31)/t21-,22-,23-/m0/s1. The monoisotopic (exact) mass is 449 g/mol. The minimum atomic E-state index is -0.821. The molecule has 7 nitrogen and oxygen atoms in total. The van der Waals surface area contributed by atoms with Gasteiger partial charge in [-0.15, -0.1) is 0 Å². The van der Waals surface area contributed by atoms with E-state index in [0.29, 0.717) is 32.1 Å². The van der Waals surface area contributed by atoms with Crippen molar-refractivity contribution in [2.45, 2.75) is 50.6 Å². The summed E-state index contributed by atoms with van der Waals surface area (Å²) < 4.78 is 0. The molecule has 33 heavy (non-hydrogen) atoms. The highest BCUT2D eigenvalue weighted by Crippen LogP contribution is 2.17. The van der Waals surface area contributed by atoms with Crippen LogP contribution in [0.25, 0.3) is 0 Å². The number of piperidine rings is 1. The lowest BCUT2D eigenvalue weighted by molar-refractivity contribution is -0.131. The van der Waals surface area contributed by atoms with Gasteiger partial charge in [0.1, 0.15) is 12.3 Å². The number of rotatable bonds is 11. The van der Waals surface area contributed by atoms with Crippen LogP contribution in [-0.2, 0) is 32.0 Å². The molecule has 2 aromatic carbocycles. The number of hydrogen-bond donors (Lipinski definition) is 3. The number of hydrogen-bond acceptors (Lipinski definition) is 4. The van der Waals surface area contributed by atoms with E-state index in [2.05, 4.69) is 16.0 Å². The van der Waals surface area contributed by atoms with Gasteiger partial charge in [-0.05, 0) is 36.8 Å². The first-order valence-electron chi connectivity index (χ1n) is 11.5. The van der Waals surface area contributed by atoms with E-state index in [0.717, 1.165) is 17.5 Å². The van der Waals surface area contributed by atoms with Crippen LogP contribution in [0.5, 0.6) is 0 Å². The smallest absolute Gasteiger partial charge is 0.243 e. The molecule has 1 heterocycles. The van der Waals surface area contributed by atoms with Crippen LogP contribution in [0.3, 0.4) is 0 Å². The number of nitrogens with one attached hydrogen (secondary N) is 3. The third kappa shape index (κ3) is 7.86. The van der Waals surface area contributed by atoms with Crippen LogP contribution in [0.1, 0.15) is 36.8 Å². The number of carbonyl (C=O) groups excluding carboxylic acids is 4. The summed E-state index contributed by atoms with van der Waals surface area (Å²) in [5, 5.41) is 8.36. The first kappa shape index (κ1) is 24.2. The molecular weight excluding hydrogens is 418 g/mol. The van der Waals surface area contributed by atoms with Crippen molar-refractivity contribution in [3.8, 4) is 0 Å². The zero-order valence-electron chi connectivity index (χ0n) is 18.7. The summed E-state index contributed by atoms with van der Waals surface area (Å²) >= 11 is 0. The summed E-state index contributed by atoms with van der Waals surface area (Å²) in [7, 11) is 0. The topological polar surface area (TPSA) is 104 Å². The van der Waals surface area contributed by atoms with E-state index in [9.17, 15) is 19.2 Å². The molecule has 1 saturated heterocycles. The molecule has 7 heteroatoms. The van der Waals surface area contributed by atoms with Crippen molar-refractivity contribution >= 4 is 24.0 Å². The van der Waals surface area contributed by atoms with Gasteiger partial charge in [0, 0.05) is 25.3 Å². The Morgan fingerprint density at radius 3 is 2.30 bits per heavy atom. The van der Waals surface area contributed by atoms with E-state index in [-0.39, 0.29) is 30.6 Å². The second-order valence-electron chi connectivity index (χ2n) is 8.41. The molecule has 0 aromatic heterocycles. The number of aryl methyl sites for hydroxylation is 1. The van der Waals surface area contributed by atoms with Crippen molar-refractivity contribution in [3.05, 3.63) is 71.8 Å². The molecule has 0 unspecified atom stereocenters. The quantitative estimate of drug-likeness (QED) is 0.456. The van der Waals surface area contributed by atoms with E-state index >= 15 is 0 Å². The maximum absolute atomic E-state index is 13.1. The van der Waals surface area contributed by atoms with E-state index < -0.39 is 18.0 Å². The first-order chi connectivity index (χ1) is 16.0. The van der Waals surface area contributed by atoms with Crippen molar-refractivity contribution in [1.29, 1.82) is 0 Å². The highest BCUT2D eigenvalue weighted by Gasteiger charge is 2.28. The SMILES string of the molecule is O=C[C@H](C[C@@H]1CCCNC1=O)NC(=O)[C@H](Cc1ccccc1)NC(=O)CCc1ccccc1. The number of benzene rings is 2. The van der Waals surface area contributed by atoms with Crippen LogP contribution in [0.2, 0.25) is 0 Å². The molecule has 1 aliphatic heterocycles. The summed E-state index contributed by atoms with van der Waals surface area (Å²) in [6.07, 6.45) is 3.58. The largest absolute Gasteiger partial charge is 0.356 e. The molecular formula is C26H31N3O4. The predicted octanol–water partition coefficient (Wildman–Crippen LogP) is 1.95. The summed E-state index contributed by atoms with van der Waals surface area (Å²) in [5.41, 5.74) is 1.94. The average Bonchev–Trinajstić information content (AvgIpc) is 2.84. The van der Waals surface area contributed by atoms with Gasteiger partial charge in [-0.3, -0.25) is 14.4 Å². The first-order valence-corrected chi connectivity index (χ1v) is 11.5. The zero-order chi connectivity index (χ0) is 23.5. The van der Waals surface area contributed by atoms with Crippen LogP contribution < -0.4 is 16.0 Å². The normalized spacial score (nSPS) is 17.3. The van der Waals surface area contributed by atoms with E-state index in [1.54, 1.807) is 0 Å². The lowest BCUT2D eigenvalue weighted by Gasteiger charge is -2.26. The van der Waals surface area contributed by atoms with Crippen LogP contribution in [0, 0.1) is 5.92 Å². The fourth-order valence-electron chi connectivity index (χ4n) is 4.03. The molecule has 1 fully saturated rings. The van der Waals surface area contributed by atoms with Crippen molar-refractivity contribution in [1.82, 2.24) is 16.0 Å². The lowest BCUT2D eigenvalue weighted by atomic mass is 9.92. The van der Waals surface area contributed by atoms with Gasteiger partial charge >= 0.3 is 0 Å². The molecule has 0 spiro atoms. The predicted molar refractivity (Wildman–Crippen MR) is 125 cm³/mol. The molecule has 0 bridgehead atoms. The van der Waals surface area contributed by atoms with Gasteiger partial charge in [0.05, 0.1) is 6.04 Å². The second-order valence-corrected chi connectivity index (χ2v) is 8.41. The van der Waals surface area contributed by atoms with E-state index in [4.69, 9.17) is 0 Å². The van der Waals surface area contributed by atoms with Crippen LogP contribution in [0.15, 0.2) is 60.7 Å². The Kier molecular flexibility index (Phi) is 9.18. The second kappa shape index (κ2) is 12.5. The molecule has 174 valence electrons. The van der Waals surface area contributed by atoms with Crippen molar-refractivity contribution in [2.75, 3.05) is 6.54 Å². The molecule has 0 aliphatic carbocycles. The minimum Gasteiger partial charge on any atom is -0.356 e. The molecule has 0 saturated carbocycles. The molecule has 3 N–H and O–H groups in total. The van der Waals surface area contributed by atoms with Gasteiger partial charge in [0.2, 0.25) is 17.7 Å². The Bertz CT molecular complexity index is 933. The number of aldehydes is 1. The molecule has 0 radical (unpaired) electrons. The van der Waals surface area contributed by atoms with Gasteiger partial charge < -0.3 is 20.7 Å². The highest BCUT2D eigenvalue weighted by atomic mass is 16.2. The Morgan fingerprint density at radius 2 is 1.67 bits per heavy atom. The van der Waals surface area contributed by atoms with Gasteiger partial charge in [0.25, 0.3) is 0 Å². The van der Waals surface area contributed by atoms with Crippen molar-refractivity contribution in [3.63, 3.8) is 0 Å². The average molecular weight is 450 g/mol. The maximum Gasteiger partial charge on any atom is 0.243 e. The molecule has 1 aliphatic rings. The molecule has 2 aromatic rings. The fourth-order valence-corrected chi connectivity index (χ4v) is 4.03. The fraction of sp³-hybridized carbons (Fsp3) is 0.385. The van der Waals surface area contributed by atoms with Gasteiger partial charge in [0.15, 0.2) is 0 Å². The summed E-state index contributed by atoms with van der Waals surface area (Å²) in [4.78, 5) is 49.4. The van der Waals surface area contributed by atoms with Crippen LogP contribution >= 0.6 is 0 Å². The maximum atomic E-state index is 13.1. The third-order valence-corrected chi connectivity index (χ3v) is 5.85. The Labute approximate surface area is 194 Å². The van der Waals surface area contributed by atoms with Gasteiger partial charge in [-0.2, -0.15) is 0 Å². The summed E-state index contributed by atoms with van der Waals surface area (Å²) in [5.74, 6) is -1.05. The van der Waals surface area contributed by atoms with Crippen LogP contribution in [-0.4, -0.2) is 42.6 Å². The van der Waals surface area contributed by atoms with Crippen molar-refractivity contribution < 1.29 is 19.2 Å². The number of amides is 3. The Morgan fingerprint density at radius 1 is 1.00 bits per heavy atom. The summed E-state index contributed by atoms with van der Waals surface area (Å²) in [6.45, 7) is 0.640. The van der Waals surface area contributed by atoms with Crippen molar-refractivity contribution in [2.24, 2.45) is 5.92 Å². The third-order valence-electron chi connectivity index (χ3n) is 5.85. The molecule has 3 atom stereocenters. The minimum absolute atomic E-state index is 0.0857. The summed E-state index contributed by atoms with van der Waals surface area (Å²) in [6, 6.07) is 17.5. The zero-order valence-corrected chi connectivity index (χ0v) is 18.7. The number of carbonyl (C=O) groups is 4. The Hall–Kier alpha value is -3.48. The van der Waals surface area contributed by atoms with E-state index in [1.807, 2.05) is 60.7 Å². The highest BCUT2D eigenvalue weighted by molar-refractivity contribution is 5.89. The molecule has 3 rings (SSSR count). The lowest BCUT2D eigenvalue weighted by Crippen LogP contribution is -2.52. The molecule has 3 amide bonds. The van der Waals surface area contributed by atoms with E-state index in [1.165, 1.54) is 0 Å². The van der Waals surface area contributed by atoms with Crippen LogP contribution in [0.4, 0.5) is 0 Å².